The SMILES string of the molecule is CCN1CCN(c2cnc(Nc3cc4c(cn3)c(C)c(C(C)=O)c(=O)n4C3CCCC3)cn2)CC1. The van der Waals surface area contributed by atoms with Crippen molar-refractivity contribution in [1.29, 1.82) is 0 Å². The normalized spacial score (nSPS) is 17.3. The van der Waals surface area contributed by atoms with Crippen LogP contribution in [0.4, 0.5) is 17.5 Å². The average Bonchev–Trinajstić information content (AvgIpc) is 3.39. The molecule has 2 fully saturated rings. The van der Waals surface area contributed by atoms with Crippen molar-refractivity contribution in [2.45, 2.75) is 52.5 Å². The van der Waals surface area contributed by atoms with Crippen molar-refractivity contribution in [2.24, 2.45) is 0 Å². The number of carbonyl (C=O) groups excluding carboxylic acids is 1. The summed E-state index contributed by atoms with van der Waals surface area (Å²) in [6.45, 7) is 10.5. The van der Waals surface area contributed by atoms with Crippen LogP contribution < -0.4 is 15.8 Å². The number of likely N-dealkylation sites (N-methyl/N-ethyl adjacent to an activating group) is 1. The third kappa shape index (κ3) is 4.52. The Morgan fingerprint density at radius 2 is 1.74 bits per heavy atom. The van der Waals surface area contributed by atoms with E-state index in [2.05, 4.69) is 37.0 Å². The number of nitrogens with one attached hydrogen (secondary N) is 1. The number of rotatable bonds is 6. The number of fused-ring (bicyclic) bond motifs is 1. The van der Waals surface area contributed by atoms with Gasteiger partial charge in [-0.05, 0) is 38.8 Å². The maximum Gasteiger partial charge on any atom is 0.262 e. The monoisotopic (exact) mass is 475 g/mol. The fraction of sp³-hybridized carbons (Fsp3) is 0.500. The van der Waals surface area contributed by atoms with Gasteiger partial charge in [0, 0.05) is 49.9 Å². The molecule has 1 aliphatic carbocycles. The number of carbonyl (C=O) groups is 1. The molecule has 9 nitrogen and oxygen atoms in total. The summed E-state index contributed by atoms with van der Waals surface area (Å²) >= 11 is 0. The molecule has 184 valence electrons. The smallest absolute Gasteiger partial charge is 0.262 e. The van der Waals surface area contributed by atoms with Crippen molar-refractivity contribution in [2.75, 3.05) is 42.9 Å². The molecule has 0 unspecified atom stereocenters. The Labute approximate surface area is 205 Å². The molecule has 4 heterocycles. The Kier molecular flexibility index (Phi) is 6.51. The van der Waals surface area contributed by atoms with Gasteiger partial charge in [-0.1, -0.05) is 19.8 Å². The average molecular weight is 476 g/mol. The molecule has 0 atom stereocenters. The van der Waals surface area contributed by atoms with Crippen LogP contribution in [0.15, 0.2) is 29.5 Å². The Balaban J connectivity index is 1.44. The zero-order chi connectivity index (χ0) is 24.5. The predicted molar refractivity (Wildman–Crippen MR) is 138 cm³/mol. The lowest BCUT2D eigenvalue weighted by Crippen LogP contribution is -2.46. The van der Waals surface area contributed by atoms with Crippen LogP contribution in [-0.2, 0) is 0 Å². The fourth-order valence-electron chi connectivity index (χ4n) is 5.44. The van der Waals surface area contributed by atoms with E-state index in [0.717, 1.165) is 75.1 Å². The lowest BCUT2D eigenvalue weighted by molar-refractivity contribution is 0.101. The molecule has 3 aromatic rings. The van der Waals surface area contributed by atoms with Crippen LogP contribution in [0.3, 0.4) is 0 Å². The van der Waals surface area contributed by atoms with Gasteiger partial charge in [-0.25, -0.2) is 15.0 Å². The fourth-order valence-corrected chi connectivity index (χ4v) is 5.44. The first-order chi connectivity index (χ1) is 17.0. The quantitative estimate of drug-likeness (QED) is 0.539. The van der Waals surface area contributed by atoms with Crippen LogP contribution in [0.1, 0.15) is 61.5 Å². The Bertz CT molecular complexity index is 1290. The third-order valence-electron chi connectivity index (χ3n) is 7.43. The van der Waals surface area contributed by atoms with E-state index in [9.17, 15) is 9.59 Å². The van der Waals surface area contributed by atoms with Gasteiger partial charge in [0.1, 0.15) is 17.5 Å². The minimum Gasteiger partial charge on any atom is -0.353 e. The third-order valence-corrected chi connectivity index (χ3v) is 7.43. The van der Waals surface area contributed by atoms with Crippen molar-refractivity contribution >= 4 is 34.1 Å². The number of anilines is 3. The van der Waals surface area contributed by atoms with Crippen LogP contribution in [0, 0.1) is 6.92 Å². The van der Waals surface area contributed by atoms with E-state index in [1.54, 1.807) is 18.6 Å². The molecule has 3 aromatic heterocycles. The van der Waals surface area contributed by atoms with Gasteiger partial charge in [0.25, 0.3) is 5.56 Å². The second-order valence-corrected chi connectivity index (χ2v) is 9.56. The number of Topliss-reactive ketones (excluding diaryl/α,β-unsaturated/α-hetero) is 1. The van der Waals surface area contributed by atoms with Crippen molar-refractivity contribution in [3.63, 3.8) is 0 Å². The van der Waals surface area contributed by atoms with Gasteiger partial charge in [-0.2, -0.15) is 0 Å². The molecule has 1 saturated carbocycles. The second-order valence-electron chi connectivity index (χ2n) is 9.56. The van der Waals surface area contributed by atoms with Gasteiger partial charge in [0.05, 0.1) is 23.5 Å². The van der Waals surface area contributed by atoms with E-state index >= 15 is 0 Å². The van der Waals surface area contributed by atoms with Gasteiger partial charge >= 0.3 is 0 Å². The Morgan fingerprint density at radius 1 is 1.03 bits per heavy atom. The molecule has 0 amide bonds. The summed E-state index contributed by atoms with van der Waals surface area (Å²) in [5.41, 5.74) is 1.57. The highest BCUT2D eigenvalue weighted by Crippen LogP contribution is 2.33. The zero-order valence-corrected chi connectivity index (χ0v) is 20.8. The molecule has 5 rings (SSSR count). The van der Waals surface area contributed by atoms with E-state index in [4.69, 9.17) is 0 Å². The lowest BCUT2D eigenvalue weighted by atomic mass is 10.0. The number of piperazine rings is 1. The molecule has 1 aliphatic heterocycles. The van der Waals surface area contributed by atoms with Crippen molar-refractivity contribution in [1.82, 2.24) is 24.4 Å². The molecular formula is C26H33N7O2. The summed E-state index contributed by atoms with van der Waals surface area (Å²) in [4.78, 5) is 44.1. The number of hydrogen-bond donors (Lipinski definition) is 1. The van der Waals surface area contributed by atoms with E-state index in [-0.39, 0.29) is 22.9 Å². The molecule has 35 heavy (non-hydrogen) atoms. The van der Waals surface area contributed by atoms with Crippen LogP contribution in [0.2, 0.25) is 0 Å². The maximum atomic E-state index is 13.4. The van der Waals surface area contributed by atoms with E-state index < -0.39 is 0 Å². The van der Waals surface area contributed by atoms with Gasteiger partial charge in [-0.3, -0.25) is 9.59 Å². The van der Waals surface area contributed by atoms with Crippen LogP contribution >= 0.6 is 0 Å². The summed E-state index contributed by atoms with van der Waals surface area (Å²) in [5, 5.41) is 4.08. The summed E-state index contributed by atoms with van der Waals surface area (Å²) in [5.74, 6) is 1.87. The predicted octanol–water partition coefficient (Wildman–Crippen LogP) is 3.70. The van der Waals surface area contributed by atoms with Gasteiger partial charge in [0.15, 0.2) is 5.78 Å². The molecule has 1 saturated heterocycles. The zero-order valence-electron chi connectivity index (χ0n) is 20.8. The molecule has 0 aromatic carbocycles. The second kappa shape index (κ2) is 9.73. The number of aromatic nitrogens is 4. The lowest BCUT2D eigenvalue weighted by Gasteiger charge is -2.34. The number of nitrogens with zero attached hydrogens (tertiary/aromatic N) is 6. The molecular weight excluding hydrogens is 442 g/mol. The highest BCUT2D eigenvalue weighted by atomic mass is 16.1. The molecule has 0 spiro atoms. The summed E-state index contributed by atoms with van der Waals surface area (Å²) < 4.78 is 1.82. The molecule has 2 aliphatic rings. The number of ketones is 1. The van der Waals surface area contributed by atoms with Crippen LogP contribution in [0.5, 0.6) is 0 Å². The topological polar surface area (TPSA) is 96.3 Å². The number of pyridine rings is 2. The minimum absolute atomic E-state index is 0.103. The van der Waals surface area contributed by atoms with Crippen LogP contribution in [-0.4, -0.2) is 62.9 Å². The highest BCUT2D eigenvalue weighted by Gasteiger charge is 2.25. The largest absolute Gasteiger partial charge is 0.353 e. The Morgan fingerprint density at radius 3 is 2.37 bits per heavy atom. The maximum absolute atomic E-state index is 13.4. The van der Waals surface area contributed by atoms with Gasteiger partial charge in [0.2, 0.25) is 0 Å². The van der Waals surface area contributed by atoms with Gasteiger partial charge < -0.3 is 19.7 Å². The summed E-state index contributed by atoms with van der Waals surface area (Å²) in [7, 11) is 0. The highest BCUT2D eigenvalue weighted by molar-refractivity contribution is 6.00. The van der Waals surface area contributed by atoms with E-state index in [1.807, 2.05) is 17.6 Å². The van der Waals surface area contributed by atoms with Crippen molar-refractivity contribution in [3.8, 4) is 0 Å². The molecule has 1 N–H and O–H groups in total. The van der Waals surface area contributed by atoms with E-state index in [0.29, 0.717) is 17.2 Å². The first-order valence-corrected chi connectivity index (χ1v) is 12.6. The van der Waals surface area contributed by atoms with Crippen LogP contribution in [0.25, 0.3) is 10.9 Å². The number of hydrogen-bond acceptors (Lipinski definition) is 8. The standard InChI is InChI=1S/C26H33N7O2/c1-4-31-9-11-32(12-10-31)24-16-28-23(15-29-24)30-22-13-21-20(14-27-22)17(2)25(18(3)34)26(35)33(21)19-7-5-6-8-19/h13-16,19H,4-12H2,1-3H3,(H,27,28,30). The molecule has 0 bridgehead atoms. The first kappa shape index (κ1) is 23.4. The Hall–Kier alpha value is -3.33. The summed E-state index contributed by atoms with van der Waals surface area (Å²) in [6.07, 6.45) is 9.34. The minimum atomic E-state index is -0.199. The van der Waals surface area contributed by atoms with Crippen molar-refractivity contribution in [3.05, 3.63) is 46.1 Å². The number of aryl methyl sites for hydroxylation is 1. The molecule has 9 heteroatoms. The van der Waals surface area contributed by atoms with Gasteiger partial charge in [-0.15, -0.1) is 0 Å². The first-order valence-electron chi connectivity index (χ1n) is 12.6. The summed E-state index contributed by atoms with van der Waals surface area (Å²) in [6, 6.07) is 2.00. The van der Waals surface area contributed by atoms with Crippen molar-refractivity contribution < 1.29 is 4.79 Å². The molecule has 0 radical (unpaired) electrons. The van der Waals surface area contributed by atoms with E-state index in [1.165, 1.54) is 6.92 Å².